The first-order valence-electron chi connectivity index (χ1n) is 12.4. The molecule has 2 saturated heterocycles. The van der Waals surface area contributed by atoms with Gasteiger partial charge >= 0.3 is 6.03 Å². The molecule has 3 aliphatic heterocycles. The lowest BCUT2D eigenvalue weighted by atomic mass is 9.89. The number of hydrogen-bond acceptors (Lipinski definition) is 3. The molecule has 4 heterocycles. The van der Waals surface area contributed by atoms with Crippen molar-refractivity contribution in [2.75, 3.05) is 31.5 Å². The van der Waals surface area contributed by atoms with Crippen LogP contribution in [0.25, 0.3) is 11.6 Å². The highest BCUT2D eigenvalue weighted by Gasteiger charge is 2.32. The summed E-state index contributed by atoms with van der Waals surface area (Å²) in [5.74, 6) is -0.706. The van der Waals surface area contributed by atoms with Gasteiger partial charge in [0.2, 0.25) is 0 Å². The molecule has 2 aromatic rings. The molecule has 1 aromatic carbocycles. The maximum atomic E-state index is 13.8. The Balaban J connectivity index is 1.32. The Morgan fingerprint density at radius 1 is 1.11 bits per heavy atom. The number of carbonyl (C=O) groups is 3. The number of urea groups is 1. The molecule has 7 nitrogen and oxygen atoms in total. The molecule has 1 aromatic heterocycles. The van der Waals surface area contributed by atoms with Gasteiger partial charge in [-0.05, 0) is 74.9 Å². The van der Waals surface area contributed by atoms with Crippen molar-refractivity contribution in [2.45, 2.75) is 46.0 Å². The van der Waals surface area contributed by atoms with E-state index in [1.807, 2.05) is 23.6 Å². The molecule has 1 atom stereocenters. The van der Waals surface area contributed by atoms with Crippen molar-refractivity contribution in [2.24, 2.45) is 5.92 Å². The predicted molar refractivity (Wildman–Crippen MR) is 132 cm³/mol. The highest BCUT2D eigenvalue weighted by molar-refractivity contribution is 6.34. The molecule has 0 saturated carbocycles. The van der Waals surface area contributed by atoms with Crippen molar-refractivity contribution in [3.8, 4) is 0 Å². The molecule has 3 amide bonds. The number of benzene rings is 1. The molecule has 2 fully saturated rings. The van der Waals surface area contributed by atoms with Crippen LogP contribution in [0, 0.1) is 25.6 Å². The Bertz CT molecular complexity index is 1230. The molecule has 35 heavy (non-hydrogen) atoms. The topological polar surface area (TPSA) is 85.5 Å². The maximum Gasteiger partial charge on any atom is 0.320 e. The van der Waals surface area contributed by atoms with Crippen LogP contribution in [-0.4, -0.2) is 58.7 Å². The van der Waals surface area contributed by atoms with Crippen LogP contribution >= 0.6 is 0 Å². The first-order chi connectivity index (χ1) is 16.8. The first kappa shape index (κ1) is 23.3. The van der Waals surface area contributed by atoms with Crippen LogP contribution in [0.1, 0.15) is 53.8 Å². The number of aryl methyl sites for hydroxylation is 1. The van der Waals surface area contributed by atoms with Crippen molar-refractivity contribution >= 4 is 35.1 Å². The predicted octanol–water partition coefficient (Wildman–Crippen LogP) is 4.30. The van der Waals surface area contributed by atoms with Crippen molar-refractivity contribution in [3.63, 3.8) is 0 Å². The van der Waals surface area contributed by atoms with E-state index in [1.54, 1.807) is 12.1 Å². The summed E-state index contributed by atoms with van der Waals surface area (Å²) in [6.45, 7) is 6.66. The van der Waals surface area contributed by atoms with Crippen LogP contribution in [0.4, 0.5) is 14.9 Å². The van der Waals surface area contributed by atoms with E-state index in [0.717, 1.165) is 61.3 Å². The number of likely N-dealkylation sites (tertiary alicyclic amines) is 2. The average Bonchev–Trinajstić information content (AvgIpc) is 3.55. The number of piperidine rings is 1. The van der Waals surface area contributed by atoms with Crippen LogP contribution in [0.5, 0.6) is 0 Å². The zero-order valence-electron chi connectivity index (χ0n) is 20.2. The molecule has 0 aliphatic carbocycles. The van der Waals surface area contributed by atoms with Crippen LogP contribution < -0.4 is 5.32 Å². The Morgan fingerprint density at radius 3 is 2.63 bits per heavy atom. The highest BCUT2D eigenvalue weighted by atomic mass is 19.1. The number of Topliss-reactive ketones (excluding diaryl/α,β-unsaturated/α-hetero) is 1. The summed E-state index contributed by atoms with van der Waals surface area (Å²) < 4.78 is 13.8. The van der Waals surface area contributed by atoms with Crippen molar-refractivity contribution in [3.05, 3.63) is 52.1 Å². The zero-order valence-corrected chi connectivity index (χ0v) is 20.2. The summed E-state index contributed by atoms with van der Waals surface area (Å²) in [6, 6.07) is 4.30. The number of aromatic nitrogens is 1. The van der Waals surface area contributed by atoms with E-state index in [2.05, 4.69) is 10.3 Å². The lowest BCUT2D eigenvalue weighted by Gasteiger charge is -2.34. The molecule has 184 valence electrons. The smallest absolute Gasteiger partial charge is 0.320 e. The van der Waals surface area contributed by atoms with Crippen LogP contribution in [0.3, 0.4) is 0 Å². The first-order valence-corrected chi connectivity index (χ1v) is 12.4. The van der Waals surface area contributed by atoms with Gasteiger partial charge in [0.1, 0.15) is 11.6 Å². The summed E-state index contributed by atoms with van der Waals surface area (Å²) >= 11 is 0. The number of amides is 3. The molecule has 0 spiro atoms. The minimum Gasteiger partial charge on any atom is -0.359 e. The van der Waals surface area contributed by atoms with Gasteiger partial charge in [-0.2, -0.15) is 0 Å². The van der Waals surface area contributed by atoms with Crippen LogP contribution in [0.2, 0.25) is 0 Å². The molecule has 1 unspecified atom stereocenters. The number of H-pyrrole nitrogens is 1. The Morgan fingerprint density at radius 2 is 1.86 bits per heavy atom. The Labute approximate surface area is 204 Å². The summed E-state index contributed by atoms with van der Waals surface area (Å²) in [5.41, 5.74) is 4.95. The molecular formula is C27H31FN4O3. The molecule has 5 rings (SSSR count). The van der Waals surface area contributed by atoms with Gasteiger partial charge in [0.15, 0.2) is 0 Å². The maximum absolute atomic E-state index is 13.8. The van der Waals surface area contributed by atoms with Crippen LogP contribution in [0.15, 0.2) is 18.2 Å². The third-order valence-corrected chi connectivity index (χ3v) is 7.56. The second-order valence-corrected chi connectivity index (χ2v) is 9.87. The van der Waals surface area contributed by atoms with E-state index in [4.69, 9.17) is 0 Å². The highest BCUT2D eigenvalue weighted by Crippen LogP contribution is 2.34. The lowest BCUT2D eigenvalue weighted by Crippen LogP contribution is -2.48. The fourth-order valence-electron chi connectivity index (χ4n) is 5.51. The van der Waals surface area contributed by atoms with Gasteiger partial charge in [0, 0.05) is 61.2 Å². The number of aromatic amines is 1. The average molecular weight is 479 g/mol. The number of halogens is 1. The number of nitrogens with one attached hydrogen (secondary N) is 2. The number of nitrogens with zero attached hydrogens (tertiary/aromatic N) is 2. The van der Waals surface area contributed by atoms with E-state index in [-0.39, 0.29) is 30.1 Å². The van der Waals surface area contributed by atoms with Gasteiger partial charge in [0.05, 0.1) is 5.57 Å². The van der Waals surface area contributed by atoms with Gasteiger partial charge < -0.3 is 20.1 Å². The van der Waals surface area contributed by atoms with Gasteiger partial charge in [-0.25, -0.2) is 9.18 Å². The number of carbonyl (C=O) groups excluding carboxylic acids is 3. The molecule has 3 aliphatic rings. The van der Waals surface area contributed by atoms with Gasteiger partial charge in [0.25, 0.3) is 5.91 Å². The lowest BCUT2D eigenvalue weighted by molar-refractivity contribution is -0.123. The summed E-state index contributed by atoms with van der Waals surface area (Å²) in [5, 5.41) is 2.77. The SMILES string of the molecule is Cc1[nH]c(/C=C2\C(=O)Nc3ccc(F)cc32)c(C)c1CC(=O)C1CCCN(C(=O)N2CCCC2)C1. The molecule has 8 heteroatoms. The van der Waals surface area contributed by atoms with Gasteiger partial charge in [-0.15, -0.1) is 0 Å². The summed E-state index contributed by atoms with van der Waals surface area (Å²) in [4.78, 5) is 45.7. The molecule has 0 bridgehead atoms. The second kappa shape index (κ2) is 9.32. The largest absolute Gasteiger partial charge is 0.359 e. The van der Waals surface area contributed by atoms with Crippen molar-refractivity contribution < 1.29 is 18.8 Å². The van der Waals surface area contributed by atoms with Gasteiger partial charge in [-0.3, -0.25) is 9.59 Å². The molecule has 2 N–H and O–H groups in total. The third kappa shape index (κ3) is 4.49. The number of fused-ring (bicyclic) bond motifs is 1. The normalized spacial score (nSPS) is 20.9. The van der Waals surface area contributed by atoms with E-state index in [0.29, 0.717) is 29.9 Å². The fourth-order valence-corrected chi connectivity index (χ4v) is 5.51. The number of hydrogen-bond donors (Lipinski definition) is 2. The van der Waals surface area contributed by atoms with Crippen LogP contribution in [-0.2, 0) is 16.0 Å². The molecular weight excluding hydrogens is 447 g/mol. The van der Waals surface area contributed by atoms with Gasteiger partial charge in [-0.1, -0.05) is 0 Å². The minimum absolute atomic E-state index is 0.0643. The van der Waals surface area contributed by atoms with E-state index < -0.39 is 5.82 Å². The summed E-state index contributed by atoms with van der Waals surface area (Å²) in [7, 11) is 0. The summed E-state index contributed by atoms with van der Waals surface area (Å²) in [6.07, 6.45) is 5.75. The van der Waals surface area contributed by atoms with Crippen molar-refractivity contribution in [1.82, 2.24) is 14.8 Å². The number of ketones is 1. The Hall–Kier alpha value is -3.42. The van der Waals surface area contributed by atoms with E-state index in [1.165, 1.54) is 12.1 Å². The quantitative estimate of drug-likeness (QED) is 0.643. The van der Waals surface area contributed by atoms with E-state index in [9.17, 15) is 18.8 Å². The fraction of sp³-hybridized carbons (Fsp3) is 0.444. The monoisotopic (exact) mass is 478 g/mol. The number of rotatable bonds is 4. The minimum atomic E-state index is -0.401. The standard InChI is InChI=1S/C27H31FN4O3/c1-16-20(14-25(33)18-6-5-11-32(15-18)27(35)31-9-3-4-10-31)17(2)29-24(16)13-22-21-12-19(28)7-8-23(21)30-26(22)34/h7-8,12-13,18,29H,3-6,9-11,14-15H2,1-2H3,(H,30,34)/b22-13-. The van der Waals surface area contributed by atoms with E-state index >= 15 is 0 Å². The second-order valence-electron chi connectivity index (χ2n) is 9.87. The Kier molecular flexibility index (Phi) is 6.21. The molecule has 0 radical (unpaired) electrons. The van der Waals surface area contributed by atoms with Crippen molar-refractivity contribution in [1.29, 1.82) is 0 Å². The number of anilines is 1. The zero-order chi connectivity index (χ0) is 24.7. The third-order valence-electron chi connectivity index (χ3n) is 7.56.